The van der Waals surface area contributed by atoms with Crippen LogP contribution in [-0.2, 0) is 9.53 Å². The zero-order valence-electron chi connectivity index (χ0n) is 8.90. The minimum atomic E-state index is -0.749. The van der Waals surface area contributed by atoms with E-state index in [4.69, 9.17) is 9.84 Å². The molecule has 0 unspecified atom stereocenters. The number of hydrogen-bond donors (Lipinski definition) is 1. The number of ether oxygens (including phenoxy) is 1. The molecule has 1 saturated carbocycles. The van der Waals surface area contributed by atoms with Gasteiger partial charge in [0, 0.05) is 13.2 Å². The Morgan fingerprint density at radius 2 is 2.00 bits per heavy atom. The largest absolute Gasteiger partial charge is 0.480 e. The van der Waals surface area contributed by atoms with E-state index in [9.17, 15) is 4.79 Å². The predicted molar refractivity (Wildman–Crippen MR) is 53.3 cm³/mol. The van der Waals surface area contributed by atoms with Crippen molar-refractivity contribution < 1.29 is 14.6 Å². The van der Waals surface area contributed by atoms with Gasteiger partial charge in [-0.3, -0.25) is 9.69 Å². The van der Waals surface area contributed by atoms with E-state index in [2.05, 4.69) is 0 Å². The molecule has 0 atom stereocenters. The van der Waals surface area contributed by atoms with Gasteiger partial charge in [-0.25, -0.2) is 0 Å². The Morgan fingerprint density at radius 3 is 2.43 bits per heavy atom. The Bertz CT molecular complexity index is 188. The van der Waals surface area contributed by atoms with Gasteiger partial charge in [-0.1, -0.05) is 0 Å². The van der Waals surface area contributed by atoms with E-state index >= 15 is 0 Å². The molecule has 1 rings (SSSR count). The molecule has 0 spiro atoms. The molecule has 1 aliphatic carbocycles. The molecule has 1 fully saturated rings. The van der Waals surface area contributed by atoms with Crippen molar-refractivity contribution in [3.63, 3.8) is 0 Å². The van der Waals surface area contributed by atoms with Crippen LogP contribution >= 0.6 is 0 Å². The molecule has 0 aliphatic heterocycles. The van der Waals surface area contributed by atoms with Gasteiger partial charge in [0.05, 0.1) is 12.6 Å². The van der Waals surface area contributed by atoms with E-state index in [0.717, 1.165) is 25.7 Å². The third kappa shape index (κ3) is 3.27. The van der Waals surface area contributed by atoms with Crippen LogP contribution in [0.15, 0.2) is 0 Å². The quantitative estimate of drug-likeness (QED) is 0.736. The molecule has 0 aromatic heterocycles. The summed E-state index contributed by atoms with van der Waals surface area (Å²) < 4.78 is 5.27. The van der Waals surface area contributed by atoms with E-state index in [0.29, 0.717) is 12.1 Å². The molecule has 1 aliphatic rings. The van der Waals surface area contributed by atoms with E-state index < -0.39 is 5.97 Å². The number of carboxylic acid groups (broad SMARTS) is 1. The van der Waals surface area contributed by atoms with E-state index in [1.54, 1.807) is 7.11 Å². The standard InChI is InChI=1S/C10H19NO3/c1-11(7-10(12)13)8-3-5-9(14-2)6-4-8/h8-9H,3-7H2,1-2H3,(H,12,13). The molecule has 4 nitrogen and oxygen atoms in total. The van der Waals surface area contributed by atoms with Crippen molar-refractivity contribution in [2.75, 3.05) is 20.7 Å². The van der Waals surface area contributed by atoms with Crippen LogP contribution in [0.25, 0.3) is 0 Å². The molecule has 0 radical (unpaired) electrons. The summed E-state index contributed by atoms with van der Waals surface area (Å²) >= 11 is 0. The molecule has 0 amide bonds. The highest BCUT2D eigenvalue weighted by Crippen LogP contribution is 2.23. The van der Waals surface area contributed by atoms with Gasteiger partial charge >= 0.3 is 5.97 Å². The summed E-state index contributed by atoms with van der Waals surface area (Å²) in [7, 11) is 3.62. The first-order valence-electron chi connectivity index (χ1n) is 5.08. The Balaban J connectivity index is 2.30. The monoisotopic (exact) mass is 201 g/mol. The fraction of sp³-hybridized carbons (Fsp3) is 0.900. The van der Waals surface area contributed by atoms with Gasteiger partial charge in [0.15, 0.2) is 0 Å². The average molecular weight is 201 g/mol. The van der Waals surface area contributed by atoms with Crippen LogP contribution in [0, 0.1) is 0 Å². The molecule has 82 valence electrons. The number of hydrogen-bond acceptors (Lipinski definition) is 3. The number of nitrogens with zero attached hydrogens (tertiary/aromatic N) is 1. The van der Waals surface area contributed by atoms with Crippen LogP contribution in [-0.4, -0.2) is 48.8 Å². The van der Waals surface area contributed by atoms with E-state index in [1.807, 2.05) is 11.9 Å². The summed E-state index contributed by atoms with van der Waals surface area (Å²) in [5, 5.41) is 8.65. The summed E-state index contributed by atoms with van der Waals surface area (Å²) in [5.41, 5.74) is 0. The van der Waals surface area contributed by atoms with Crippen LogP contribution < -0.4 is 0 Å². The molecular formula is C10H19NO3. The number of carbonyl (C=O) groups is 1. The number of methoxy groups -OCH3 is 1. The summed E-state index contributed by atoms with van der Waals surface area (Å²) in [6.45, 7) is 0.141. The molecule has 0 saturated heterocycles. The SMILES string of the molecule is COC1CCC(N(C)CC(=O)O)CC1. The molecule has 14 heavy (non-hydrogen) atoms. The maximum atomic E-state index is 10.5. The second-order valence-corrected chi connectivity index (χ2v) is 3.98. The molecule has 0 aromatic carbocycles. The Kier molecular flexibility index (Phi) is 4.35. The topological polar surface area (TPSA) is 49.8 Å². The molecule has 0 aromatic rings. The number of carboxylic acids is 1. The second-order valence-electron chi connectivity index (χ2n) is 3.98. The highest BCUT2D eigenvalue weighted by Gasteiger charge is 2.24. The van der Waals surface area contributed by atoms with Crippen LogP contribution in [0.2, 0.25) is 0 Å². The molecular weight excluding hydrogens is 182 g/mol. The first kappa shape index (κ1) is 11.5. The predicted octanol–water partition coefficient (Wildman–Crippen LogP) is 0.960. The third-order valence-electron chi connectivity index (χ3n) is 2.99. The number of aliphatic carboxylic acids is 1. The Hall–Kier alpha value is -0.610. The smallest absolute Gasteiger partial charge is 0.317 e. The first-order chi connectivity index (χ1) is 6.63. The van der Waals surface area contributed by atoms with Crippen molar-refractivity contribution >= 4 is 5.97 Å². The highest BCUT2D eigenvalue weighted by atomic mass is 16.5. The van der Waals surface area contributed by atoms with E-state index in [-0.39, 0.29) is 6.54 Å². The fourth-order valence-electron chi connectivity index (χ4n) is 2.06. The normalized spacial score (nSPS) is 27.9. The lowest BCUT2D eigenvalue weighted by atomic mass is 9.92. The van der Waals surface area contributed by atoms with Crippen molar-refractivity contribution in [3.8, 4) is 0 Å². The molecule has 1 N–H and O–H groups in total. The van der Waals surface area contributed by atoms with Gasteiger partial charge in [-0.15, -0.1) is 0 Å². The lowest BCUT2D eigenvalue weighted by Gasteiger charge is -2.33. The minimum absolute atomic E-state index is 0.141. The Labute approximate surface area is 84.8 Å². The third-order valence-corrected chi connectivity index (χ3v) is 2.99. The number of likely N-dealkylation sites (N-methyl/N-ethyl adjacent to an activating group) is 1. The van der Waals surface area contributed by atoms with Crippen LogP contribution in [0.3, 0.4) is 0 Å². The fourth-order valence-corrected chi connectivity index (χ4v) is 2.06. The molecule has 0 bridgehead atoms. The van der Waals surface area contributed by atoms with E-state index in [1.165, 1.54) is 0 Å². The van der Waals surface area contributed by atoms with Crippen LogP contribution in [0.5, 0.6) is 0 Å². The molecule has 4 heteroatoms. The number of rotatable bonds is 4. The van der Waals surface area contributed by atoms with Crippen LogP contribution in [0.4, 0.5) is 0 Å². The second kappa shape index (κ2) is 5.32. The highest BCUT2D eigenvalue weighted by molar-refractivity contribution is 5.69. The van der Waals surface area contributed by atoms with Crippen molar-refractivity contribution in [1.29, 1.82) is 0 Å². The summed E-state index contributed by atoms with van der Waals surface area (Å²) in [4.78, 5) is 12.4. The Morgan fingerprint density at radius 1 is 1.43 bits per heavy atom. The lowest BCUT2D eigenvalue weighted by molar-refractivity contribution is -0.138. The zero-order chi connectivity index (χ0) is 10.6. The van der Waals surface area contributed by atoms with Crippen molar-refractivity contribution in [2.45, 2.75) is 37.8 Å². The van der Waals surface area contributed by atoms with Gasteiger partial charge in [-0.05, 0) is 32.7 Å². The average Bonchev–Trinajstić information content (AvgIpc) is 2.17. The minimum Gasteiger partial charge on any atom is -0.480 e. The summed E-state index contributed by atoms with van der Waals surface area (Å²) in [5.74, 6) is -0.749. The van der Waals surface area contributed by atoms with Gasteiger partial charge in [0.25, 0.3) is 0 Å². The van der Waals surface area contributed by atoms with Crippen molar-refractivity contribution in [2.24, 2.45) is 0 Å². The lowest BCUT2D eigenvalue weighted by Crippen LogP contribution is -2.39. The first-order valence-corrected chi connectivity index (χ1v) is 5.08. The zero-order valence-corrected chi connectivity index (χ0v) is 8.90. The van der Waals surface area contributed by atoms with Crippen LogP contribution in [0.1, 0.15) is 25.7 Å². The van der Waals surface area contributed by atoms with Gasteiger partial charge in [-0.2, -0.15) is 0 Å². The maximum absolute atomic E-state index is 10.5. The van der Waals surface area contributed by atoms with Crippen molar-refractivity contribution in [1.82, 2.24) is 4.90 Å². The summed E-state index contributed by atoms with van der Waals surface area (Å²) in [6, 6.07) is 0.414. The van der Waals surface area contributed by atoms with Gasteiger partial charge in [0.1, 0.15) is 0 Å². The van der Waals surface area contributed by atoms with Crippen molar-refractivity contribution in [3.05, 3.63) is 0 Å². The van der Waals surface area contributed by atoms with Gasteiger partial charge in [0.2, 0.25) is 0 Å². The summed E-state index contributed by atoms with van der Waals surface area (Å²) in [6.07, 6.45) is 4.56. The molecule has 0 heterocycles. The maximum Gasteiger partial charge on any atom is 0.317 e. The van der Waals surface area contributed by atoms with Gasteiger partial charge < -0.3 is 9.84 Å².